The van der Waals surface area contributed by atoms with Gasteiger partial charge in [-0.2, -0.15) is 5.26 Å². The molecule has 0 aliphatic carbocycles. The monoisotopic (exact) mass is 142 g/mol. The van der Waals surface area contributed by atoms with Crippen molar-refractivity contribution in [1.29, 1.82) is 5.26 Å². The Bertz CT molecular complexity index is 146. The van der Waals surface area contributed by atoms with Crippen molar-refractivity contribution in [2.75, 3.05) is 7.11 Å². The average Bonchev–Trinajstić information content (AvgIpc) is 1.93. The molecule has 4 nitrogen and oxygen atoms in total. The molecule has 0 aromatic carbocycles. The Labute approximate surface area is 59.8 Å². The van der Waals surface area contributed by atoms with Crippen LogP contribution >= 0.6 is 0 Å². The molecule has 0 unspecified atom stereocenters. The first-order valence-electron chi connectivity index (χ1n) is 2.52. The molecule has 0 spiro atoms. The summed E-state index contributed by atoms with van der Waals surface area (Å²) in [6.45, 7) is 1.64. The lowest BCUT2D eigenvalue weighted by atomic mass is 10.5. The fourth-order valence-electron chi connectivity index (χ4n) is 0.231. The summed E-state index contributed by atoms with van der Waals surface area (Å²) < 4.78 is 0. The van der Waals surface area contributed by atoms with Gasteiger partial charge < -0.3 is 10.4 Å². The fraction of sp³-hybridized carbons (Fsp3) is 0.333. The van der Waals surface area contributed by atoms with E-state index in [0.29, 0.717) is 12.1 Å². The summed E-state index contributed by atoms with van der Waals surface area (Å²) in [5.74, 6) is 0. The third-order valence-corrected chi connectivity index (χ3v) is 0.568. The molecular weight excluding hydrogens is 132 g/mol. The SMILES string of the molecule is C/C(=C\C#N)NC=O.CO. The molecule has 0 heterocycles. The van der Waals surface area contributed by atoms with Crippen LogP contribution in [0.5, 0.6) is 0 Å². The van der Waals surface area contributed by atoms with E-state index >= 15 is 0 Å². The molecule has 1 amide bonds. The summed E-state index contributed by atoms with van der Waals surface area (Å²) in [4.78, 5) is 9.63. The Hall–Kier alpha value is -1.34. The standard InChI is InChI=1S/C5H6N2O.CH4O/c1-5(2-3-6)7-4-8;1-2/h2,4H,1H3,(H,7,8);2H,1H3/b5-2+;. The number of nitrogens with zero attached hydrogens (tertiary/aromatic N) is 1. The minimum atomic E-state index is 0.531. The summed E-state index contributed by atoms with van der Waals surface area (Å²) in [6.07, 6.45) is 1.79. The summed E-state index contributed by atoms with van der Waals surface area (Å²) in [6, 6.07) is 1.77. The third-order valence-electron chi connectivity index (χ3n) is 0.568. The summed E-state index contributed by atoms with van der Waals surface area (Å²) in [5, 5.41) is 17.3. The molecule has 0 fully saturated rings. The van der Waals surface area contributed by atoms with E-state index in [4.69, 9.17) is 10.4 Å². The highest BCUT2D eigenvalue weighted by atomic mass is 16.2. The van der Waals surface area contributed by atoms with E-state index in [0.717, 1.165) is 7.11 Å². The molecule has 56 valence electrons. The van der Waals surface area contributed by atoms with Crippen molar-refractivity contribution in [2.24, 2.45) is 0 Å². The molecule has 0 atom stereocenters. The first-order valence-corrected chi connectivity index (χ1v) is 2.52. The molecule has 0 rings (SSSR count). The Morgan fingerprint density at radius 2 is 2.20 bits per heavy atom. The van der Waals surface area contributed by atoms with Gasteiger partial charge in [-0.3, -0.25) is 4.79 Å². The zero-order valence-electron chi connectivity index (χ0n) is 5.96. The summed E-state index contributed by atoms with van der Waals surface area (Å²) in [7, 11) is 1.00. The summed E-state index contributed by atoms with van der Waals surface area (Å²) in [5.41, 5.74) is 0.558. The first kappa shape index (κ1) is 11.5. The van der Waals surface area contributed by atoms with Crippen molar-refractivity contribution >= 4 is 6.41 Å². The maximum Gasteiger partial charge on any atom is 0.211 e. The van der Waals surface area contributed by atoms with E-state index in [1.165, 1.54) is 6.08 Å². The highest BCUT2D eigenvalue weighted by Gasteiger charge is 1.78. The van der Waals surface area contributed by atoms with Gasteiger partial charge in [0, 0.05) is 18.9 Å². The topological polar surface area (TPSA) is 73.1 Å². The largest absolute Gasteiger partial charge is 0.400 e. The number of hydrogen-bond acceptors (Lipinski definition) is 3. The van der Waals surface area contributed by atoms with Crippen LogP contribution in [0.2, 0.25) is 0 Å². The number of carbonyl (C=O) groups excluding carboxylic acids is 1. The maximum absolute atomic E-state index is 9.63. The maximum atomic E-state index is 9.63. The normalized spacial score (nSPS) is 8.40. The molecule has 0 bridgehead atoms. The van der Waals surface area contributed by atoms with Gasteiger partial charge in [0.05, 0.1) is 6.07 Å². The van der Waals surface area contributed by atoms with Crippen LogP contribution in [-0.2, 0) is 4.79 Å². The predicted molar refractivity (Wildman–Crippen MR) is 36.7 cm³/mol. The second-order valence-corrected chi connectivity index (χ2v) is 1.22. The molecule has 4 heteroatoms. The smallest absolute Gasteiger partial charge is 0.211 e. The Balaban J connectivity index is 0. The number of aliphatic hydroxyl groups is 1. The van der Waals surface area contributed by atoms with Crippen LogP contribution in [0.15, 0.2) is 11.8 Å². The van der Waals surface area contributed by atoms with Gasteiger partial charge in [0.2, 0.25) is 6.41 Å². The van der Waals surface area contributed by atoms with E-state index in [1.807, 2.05) is 0 Å². The number of amides is 1. The zero-order valence-corrected chi connectivity index (χ0v) is 5.96. The van der Waals surface area contributed by atoms with Crippen molar-refractivity contribution in [3.8, 4) is 6.07 Å². The van der Waals surface area contributed by atoms with Gasteiger partial charge in [-0.25, -0.2) is 0 Å². The first-order chi connectivity index (χ1) is 4.81. The highest BCUT2D eigenvalue weighted by molar-refractivity contribution is 5.49. The predicted octanol–water partition coefficient (Wildman–Crippen LogP) is -0.232. The van der Waals surface area contributed by atoms with Gasteiger partial charge in [0.1, 0.15) is 0 Å². The van der Waals surface area contributed by atoms with Crippen molar-refractivity contribution < 1.29 is 9.90 Å². The Kier molecular flexibility index (Phi) is 12.1. The number of carbonyl (C=O) groups is 1. The van der Waals surface area contributed by atoms with E-state index in [1.54, 1.807) is 13.0 Å². The second-order valence-electron chi connectivity index (χ2n) is 1.22. The second kappa shape index (κ2) is 10.6. The number of nitrogens with one attached hydrogen (secondary N) is 1. The van der Waals surface area contributed by atoms with E-state index < -0.39 is 0 Å². The molecule has 10 heavy (non-hydrogen) atoms. The van der Waals surface area contributed by atoms with Crippen LogP contribution in [-0.4, -0.2) is 18.6 Å². The molecule has 0 aromatic heterocycles. The van der Waals surface area contributed by atoms with Crippen LogP contribution < -0.4 is 5.32 Å². The average molecular weight is 142 g/mol. The van der Waals surface area contributed by atoms with E-state index in [-0.39, 0.29) is 0 Å². The third kappa shape index (κ3) is 9.83. The number of rotatable bonds is 2. The molecular formula is C6H10N2O2. The lowest BCUT2D eigenvalue weighted by Gasteiger charge is -1.88. The quantitative estimate of drug-likeness (QED) is 0.413. The van der Waals surface area contributed by atoms with Crippen molar-refractivity contribution in [2.45, 2.75) is 6.92 Å². The lowest BCUT2D eigenvalue weighted by molar-refractivity contribution is -0.108. The van der Waals surface area contributed by atoms with Crippen molar-refractivity contribution in [3.05, 3.63) is 11.8 Å². The summed E-state index contributed by atoms with van der Waals surface area (Å²) >= 11 is 0. The number of hydrogen-bond donors (Lipinski definition) is 2. The van der Waals surface area contributed by atoms with Crippen LogP contribution in [0.1, 0.15) is 6.92 Å². The molecule has 0 saturated heterocycles. The molecule has 0 aliphatic heterocycles. The van der Waals surface area contributed by atoms with Gasteiger partial charge >= 0.3 is 0 Å². The van der Waals surface area contributed by atoms with Gasteiger partial charge in [0.25, 0.3) is 0 Å². The van der Waals surface area contributed by atoms with Crippen LogP contribution in [0.3, 0.4) is 0 Å². The van der Waals surface area contributed by atoms with E-state index in [2.05, 4.69) is 5.32 Å². The van der Waals surface area contributed by atoms with Gasteiger partial charge in [0.15, 0.2) is 0 Å². The van der Waals surface area contributed by atoms with Crippen molar-refractivity contribution in [3.63, 3.8) is 0 Å². The lowest BCUT2D eigenvalue weighted by Crippen LogP contribution is -2.05. The zero-order chi connectivity index (χ0) is 8.41. The molecule has 0 aromatic rings. The number of allylic oxidation sites excluding steroid dienone is 2. The number of nitriles is 1. The molecule has 0 radical (unpaired) electrons. The minimum Gasteiger partial charge on any atom is -0.400 e. The number of aliphatic hydroxyl groups excluding tert-OH is 1. The van der Waals surface area contributed by atoms with E-state index in [9.17, 15) is 4.79 Å². The van der Waals surface area contributed by atoms with Crippen LogP contribution in [0.4, 0.5) is 0 Å². The molecule has 0 aliphatic rings. The van der Waals surface area contributed by atoms with Crippen LogP contribution in [0, 0.1) is 11.3 Å². The molecule has 0 saturated carbocycles. The van der Waals surface area contributed by atoms with Crippen LogP contribution in [0.25, 0.3) is 0 Å². The Morgan fingerprint density at radius 3 is 2.50 bits per heavy atom. The fourth-order valence-corrected chi connectivity index (χ4v) is 0.231. The Morgan fingerprint density at radius 1 is 1.70 bits per heavy atom. The highest BCUT2D eigenvalue weighted by Crippen LogP contribution is 1.79. The van der Waals surface area contributed by atoms with Gasteiger partial charge in [-0.05, 0) is 6.92 Å². The molecule has 2 N–H and O–H groups in total. The minimum absolute atomic E-state index is 0.531. The van der Waals surface area contributed by atoms with Gasteiger partial charge in [-0.1, -0.05) is 0 Å². The van der Waals surface area contributed by atoms with Crippen molar-refractivity contribution in [1.82, 2.24) is 5.32 Å². The van der Waals surface area contributed by atoms with Gasteiger partial charge in [-0.15, -0.1) is 0 Å².